The molecule has 1 saturated heterocycles. The normalized spacial score (nSPS) is 17.8. The topological polar surface area (TPSA) is 58.2 Å². The summed E-state index contributed by atoms with van der Waals surface area (Å²) in [5, 5.41) is 6.86. The van der Waals surface area contributed by atoms with E-state index in [1.807, 2.05) is 20.8 Å². The molecular weight excluding hydrogens is 230 g/mol. The van der Waals surface area contributed by atoms with E-state index in [0.717, 1.165) is 31.6 Å². The van der Waals surface area contributed by atoms with Crippen molar-refractivity contribution in [3.05, 3.63) is 18.0 Å². The molecule has 1 aromatic rings. The lowest BCUT2D eigenvalue weighted by atomic mass is 9.94. The molecule has 99 valence electrons. The third-order valence-corrected chi connectivity index (χ3v) is 3.02. The maximum atomic E-state index is 11.9. The standard InChI is InChI=1S/C13H20N3O2/c1-13(2,3)18-12(17)16-8-5-10(6-9-16)11-4-7-14-15-11/h7,10H,5-6,8-9H2,1-3H3,(H,14,15). The highest BCUT2D eigenvalue weighted by Gasteiger charge is 2.27. The molecule has 1 aromatic heterocycles. The zero-order valence-corrected chi connectivity index (χ0v) is 11.2. The van der Waals surface area contributed by atoms with Crippen molar-refractivity contribution in [1.82, 2.24) is 15.1 Å². The molecule has 1 radical (unpaired) electrons. The van der Waals surface area contributed by atoms with Crippen LogP contribution < -0.4 is 0 Å². The molecule has 1 amide bonds. The van der Waals surface area contributed by atoms with Crippen molar-refractivity contribution in [2.45, 2.75) is 45.1 Å². The van der Waals surface area contributed by atoms with Crippen molar-refractivity contribution < 1.29 is 9.53 Å². The van der Waals surface area contributed by atoms with Crippen LogP contribution in [0.5, 0.6) is 0 Å². The van der Waals surface area contributed by atoms with E-state index in [1.54, 1.807) is 11.1 Å². The lowest BCUT2D eigenvalue weighted by Gasteiger charge is -2.33. The van der Waals surface area contributed by atoms with Gasteiger partial charge in [0.25, 0.3) is 0 Å². The largest absolute Gasteiger partial charge is 0.444 e. The van der Waals surface area contributed by atoms with Crippen LogP contribution in [0.25, 0.3) is 0 Å². The van der Waals surface area contributed by atoms with Crippen molar-refractivity contribution in [3.8, 4) is 0 Å². The SMILES string of the molecule is CC(C)(C)OC(=O)N1CCC(c2[c]cn[nH]2)CC1. The number of H-pyrrole nitrogens is 1. The molecule has 0 spiro atoms. The van der Waals surface area contributed by atoms with Gasteiger partial charge in [0, 0.05) is 30.8 Å². The zero-order chi connectivity index (χ0) is 13.2. The van der Waals surface area contributed by atoms with Crippen LogP contribution in [-0.2, 0) is 4.74 Å². The highest BCUT2D eigenvalue weighted by atomic mass is 16.6. The van der Waals surface area contributed by atoms with E-state index in [-0.39, 0.29) is 6.09 Å². The first kappa shape index (κ1) is 12.9. The third kappa shape index (κ3) is 3.24. The second-order valence-electron chi connectivity index (χ2n) is 5.67. The lowest BCUT2D eigenvalue weighted by molar-refractivity contribution is 0.0204. The number of nitrogens with one attached hydrogen (secondary N) is 1. The van der Waals surface area contributed by atoms with Gasteiger partial charge in [-0.25, -0.2) is 4.79 Å². The predicted octanol–water partition coefficient (Wildman–Crippen LogP) is 2.32. The van der Waals surface area contributed by atoms with Crippen LogP contribution in [0.4, 0.5) is 4.79 Å². The van der Waals surface area contributed by atoms with E-state index in [0.29, 0.717) is 5.92 Å². The van der Waals surface area contributed by atoms with Gasteiger partial charge in [-0.1, -0.05) is 0 Å². The van der Waals surface area contributed by atoms with Crippen LogP contribution in [0.15, 0.2) is 6.20 Å². The van der Waals surface area contributed by atoms with Crippen molar-refractivity contribution in [3.63, 3.8) is 0 Å². The van der Waals surface area contributed by atoms with Gasteiger partial charge in [-0.3, -0.25) is 5.10 Å². The first-order chi connectivity index (χ1) is 8.46. The van der Waals surface area contributed by atoms with Gasteiger partial charge in [-0.15, -0.1) is 0 Å². The number of ether oxygens (including phenoxy) is 1. The van der Waals surface area contributed by atoms with Crippen LogP contribution >= 0.6 is 0 Å². The zero-order valence-electron chi connectivity index (χ0n) is 11.2. The Morgan fingerprint density at radius 1 is 1.50 bits per heavy atom. The average Bonchev–Trinajstić information content (AvgIpc) is 2.80. The van der Waals surface area contributed by atoms with Gasteiger partial charge in [-0.2, -0.15) is 5.10 Å². The third-order valence-electron chi connectivity index (χ3n) is 3.02. The lowest BCUT2D eigenvalue weighted by Crippen LogP contribution is -2.41. The fourth-order valence-electron chi connectivity index (χ4n) is 2.12. The monoisotopic (exact) mass is 250 g/mol. The molecule has 0 saturated carbocycles. The van der Waals surface area contributed by atoms with Gasteiger partial charge in [0.1, 0.15) is 5.60 Å². The number of amides is 1. The summed E-state index contributed by atoms with van der Waals surface area (Å²) < 4.78 is 5.36. The molecule has 1 aliphatic rings. The number of aromatic nitrogens is 2. The number of likely N-dealkylation sites (tertiary alicyclic amines) is 1. The van der Waals surface area contributed by atoms with Gasteiger partial charge in [0.05, 0.1) is 6.20 Å². The second-order valence-corrected chi connectivity index (χ2v) is 5.67. The summed E-state index contributed by atoms with van der Waals surface area (Å²) in [6.07, 6.45) is 3.29. The number of rotatable bonds is 1. The van der Waals surface area contributed by atoms with Gasteiger partial charge >= 0.3 is 6.09 Å². The van der Waals surface area contributed by atoms with E-state index in [9.17, 15) is 4.79 Å². The van der Waals surface area contributed by atoms with Crippen LogP contribution in [0.1, 0.15) is 45.2 Å². The Kier molecular flexibility index (Phi) is 3.59. The van der Waals surface area contributed by atoms with Crippen LogP contribution in [0, 0.1) is 6.07 Å². The van der Waals surface area contributed by atoms with Gasteiger partial charge in [0.2, 0.25) is 0 Å². The van der Waals surface area contributed by atoms with E-state index in [1.165, 1.54) is 0 Å². The molecule has 1 N–H and O–H groups in total. The number of carbonyl (C=O) groups excluding carboxylic acids is 1. The molecule has 0 bridgehead atoms. The highest BCUT2D eigenvalue weighted by Crippen LogP contribution is 2.26. The summed E-state index contributed by atoms with van der Waals surface area (Å²) in [7, 11) is 0. The van der Waals surface area contributed by atoms with E-state index in [2.05, 4.69) is 16.3 Å². The van der Waals surface area contributed by atoms with E-state index in [4.69, 9.17) is 4.74 Å². The molecule has 0 unspecified atom stereocenters. The molecule has 5 heteroatoms. The Bertz CT molecular complexity index is 387. The Morgan fingerprint density at radius 2 is 2.17 bits per heavy atom. The Morgan fingerprint density at radius 3 is 2.67 bits per heavy atom. The molecule has 18 heavy (non-hydrogen) atoms. The van der Waals surface area contributed by atoms with Crippen molar-refractivity contribution in [2.24, 2.45) is 0 Å². The molecule has 2 heterocycles. The minimum atomic E-state index is -0.426. The maximum Gasteiger partial charge on any atom is 0.410 e. The number of carbonyl (C=O) groups is 1. The summed E-state index contributed by atoms with van der Waals surface area (Å²) in [6, 6.07) is 3.09. The summed E-state index contributed by atoms with van der Waals surface area (Å²) in [4.78, 5) is 13.7. The number of nitrogens with zero attached hydrogens (tertiary/aromatic N) is 2. The van der Waals surface area contributed by atoms with Crippen molar-refractivity contribution >= 4 is 6.09 Å². The molecule has 0 aliphatic carbocycles. The van der Waals surface area contributed by atoms with Gasteiger partial charge in [0.15, 0.2) is 0 Å². The minimum Gasteiger partial charge on any atom is -0.444 e. The summed E-state index contributed by atoms with van der Waals surface area (Å²) in [5.41, 5.74) is 0.615. The molecular formula is C13H20N3O2. The molecule has 0 atom stereocenters. The average molecular weight is 250 g/mol. The first-order valence-electron chi connectivity index (χ1n) is 6.34. The van der Waals surface area contributed by atoms with Crippen LogP contribution in [0.3, 0.4) is 0 Å². The van der Waals surface area contributed by atoms with Crippen LogP contribution in [-0.4, -0.2) is 39.9 Å². The quantitative estimate of drug-likeness (QED) is 0.832. The maximum absolute atomic E-state index is 11.9. The van der Waals surface area contributed by atoms with Crippen LogP contribution in [0.2, 0.25) is 0 Å². The Labute approximate surface area is 108 Å². The molecule has 0 aromatic carbocycles. The number of hydrogen-bond acceptors (Lipinski definition) is 3. The van der Waals surface area contributed by atoms with Gasteiger partial charge in [-0.05, 0) is 33.6 Å². The Hall–Kier alpha value is -1.52. The second kappa shape index (κ2) is 5.00. The fraction of sp³-hybridized carbons (Fsp3) is 0.692. The molecule has 1 aliphatic heterocycles. The highest BCUT2D eigenvalue weighted by molar-refractivity contribution is 5.68. The smallest absolute Gasteiger partial charge is 0.410 e. The van der Waals surface area contributed by atoms with Gasteiger partial charge < -0.3 is 9.64 Å². The molecule has 2 rings (SSSR count). The fourth-order valence-corrected chi connectivity index (χ4v) is 2.12. The Balaban J connectivity index is 1.85. The van der Waals surface area contributed by atoms with E-state index >= 15 is 0 Å². The molecule has 5 nitrogen and oxygen atoms in total. The summed E-state index contributed by atoms with van der Waals surface area (Å²) in [6.45, 7) is 7.12. The van der Waals surface area contributed by atoms with E-state index < -0.39 is 5.60 Å². The predicted molar refractivity (Wildman–Crippen MR) is 67.2 cm³/mol. The minimum absolute atomic E-state index is 0.213. The first-order valence-corrected chi connectivity index (χ1v) is 6.34. The van der Waals surface area contributed by atoms with Crippen molar-refractivity contribution in [2.75, 3.05) is 13.1 Å². The summed E-state index contributed by atoms with van der Waals surface area (Å²) in [5.74, 6) is 0.422. The number of piperidine rings is 1. The van der Waals surface area contributed by atoms with Crippen molar-refractivity contribution in [1.29, 1.82) is 0 Å². The number of hydrogen-bond donors (Lipinski definition) is 1. The molecule has 1 fully saturated rings. The number of aromatic amines is 1. The summed E-state index contributed by atoms with van der Waals surface area (Å²) >= 11 is 0.